The number of hydrogen-bond acceptors (Lipinski definition) is 7. The Bertz CT molecular complexity index is 960. The minimum absolute atomic E-state index is 0.105. The molecule has 2 aliphatic rings. The van der Waals surface area contributed by atoms with Gasteiger partial charge >= 0.3 is 11.9 Å². The number of rotatable bonds is 4. The Balaban J connectivity index is 2.41. The van der Waals surface area contributed by atoms with Gasteiger partial charge < -0.3 is 19.3 Å². The quantitative estimate of drug-likeness (QED) is 0.542. The van der Waals surface area contributed by atoms with E-state index in [4.69, 9.17) is 14.2 Å². The molecular weight excluding hydrogens is 412 g/mol. The van der Waals surface area contributed by atoms with Gasteiger partial charge in [0, 0.05) is 43.7 Å². The van der Waals surface area contributed by atoms with Crippen molar-refractivity contribution in [3.05, 3.63) is 16.7 Å². The van der Waals surface area contributed by atoms with Gasteiger partial charge in [0.1, 0.15) is 5.75 Å². The van der Waals surface area contributed by atoms with Crippen LogP contribution in [0.1, 0.15) is 94.6 Å². The Labute approximate surface area is 189 Å². The lowest BCUT2D eigenvalue weighted by Crippen LogP contribution is -2.50. The normalized spacial score (nSPS) is 24.3. The van der Waals surface area contributed by atoms with E-state index < -0.39 is 17.5 Å². The third kappa shape index (κ3) is 4.15. The maximum absolute atomic E-state index is 13.7. The van der Waals surface area contributed by atoms with Crippen molar-refractivity contribution in [3.8, 4) is 17.2 Å². The maximum Gasteiger partial charge on any atom is 0.308 e. The van der Waals surface area contributed by atoms with Crippen LogP contribution in [-0.2, 0) is 16.0 Å². The van der Waals surface area contributed by atoms with Gasteiger partial charge in [-0.05, 0) is 24.2 Å². The summed E-state index contributed by atoms with van der Waals surface area (Å²) >= 11 is 0. The third-order valence-electron chi connectivity index (χ3n) is 6.95. The number of benzene rings is 1. The van der Waals surface area contributed by atoms with Crippen molar-refractivity contribution in [2.24, 2.45) is 11.3 Å². The number of carbonyl (C=O) groups excluding carboxylic acids is 3. The van der Waals surface area contributed by atoms with E-state index in [2.05, 4.69) is 13.8 Å². The van der Waals surface area contributed by atoms with Crippen molar-refractivity contribution in [1.29, 1.82) is 0 Å². The van der Waals surface area contributed by atoms with Gasteiger partial charge in [-0.25, -0.2) is 0 Å². The second kappa shape index (κ2) is 8.50. The number of carbonyl (C=O) groups is 3. The van der Waals surface area contributed by atoms with E-state index in [1.54, 1.807) is 0 Å². The molecule has 1 N–H and O–H groups in total. The Morgan fingerprint density at radius 3 is 2.16 bits per heavy atom. The summed E-state index contributed by atoms with van der Waals surface area (Å²) in [4.78, 5) is 37.8. The van der Waals surface area contributed by atoms with Crippen LogP contribution < -0.4 is 14.2 Å². The number of aliphatic hydroxyl groups is 1. The summed E-state index contributed by atoms with van der Waals surface area (Å²) in [5.41, 5.74) is -0.346. The topological polar surface area (TPSA) is 99.1 Å². The molecule has 7 nitrogen and oxygen atoms in total. The highest BCUT2D eigenvalue weighted by Gasteiger charge is 2.52. The highest BCUT2D eigenvalue weighted by atomic mass is 16.6. The molecule has 176 valence electrons. The van der Waals surface area contributed by atoms with E-state index in [1.165, 1.54) is 21.0 Å². The zero-order valence-electron chi connectivity index (χ0n) is 20.1. The minimum Gasteiger partial charge on any atom is -0.492 e. The van der Waals surface area contributed by atoms with E-state index in [0.717, 1.165) is 12.8 Å². The molecule has 1 aromatic rings. The van der Waals surface area contributed by atoms with E-state index in [0.29, 0.717) is 17.5 Å². The Kier molecular flexibility index (Phi) is 6.44. The monoisotopic (exact) mass is 446 g/mol. The second-order valence-electron chi connectivity index (χ2n) is 10.1. The molecule has 0 spiro atoms. The molecule has 0 bridgehead atoms. The van der Waals surface area contributed by atoms with Crippen LogP contribution in [0.2, 0.25) is 0 Å². The Hall–Kier alpha value is -2.41. The van der Waals surface area contributed by atoms with Crippen LogP contribution in [0.25, 0.3) is 0 Å². The standard InChI is InChI=1S/C25H34O7/c1-13(2)19-22(32-15(4)27)20-16(21(23(19)30-7)31-14(3)26)12-25(29)10-8-9-24(5,6)18(25)11-17(20)28/h13,18,29H,8-12H2,1-7H3. The van der Waals surface area contributed by atoms with Crippen LogP contribution in [0.15, 0.2) is 0 Å². The first kappa shape index (κ1) is 24.2. The van der Waals surface area contributed by atoms with Crippen molar-refractivity contribution >= 4 is 17.7 Å². The lowest BCUT2D eigenvalue weighted by molar-refractivity contribution is -0.133. The first-order valence-electron chi connectivity index (χ1n) is 11.2. The smallest absolute Gasteiger partial charge is 0.308 e. The number of Topliss-reactive ketones (excluding diaryl/α,β-unsaturated/α-hetero) is 1. The molecule has 0 radical (unpaired) electrons. The highest BCUT2D eigenvalue weighted by Crippen LogP contribution is 2.56. The third-order valence-corrected chi connectivity index (χ3v) is 6.95. The fourth-order valence-corrected chi connectivity index (χ4v) is 5.64. The van der Waals surface area contributed by atoms with Crippen molar-refractivity contribution in [2.75, 3.05) is 7.11 Å². The number of ether oxygens (including phenoxy) is 3. The molecule has 0 saturated heterocycles. The lowest BCUT2D eigenvalue weighted by Gasteiger charge is -2.48. The van der Waals surface area contributed by atoms with Crippen LogP contribution in [0.4, 0.5) is 0 Å². The van der Waals surface area contributed by atoms with Crippen LogP contribution in [-0.4, -0.2) is 35.5 Å². The van der Waals surface area contributed by atoms with E-state index in [-0.39, 0.29) is 58.7 Å². The van der Waals surface area contributed by atoms with E-state index >= 15 is 0 Å². The average molecular weight is 447 g/mol. The zero-order valence-corrected chi connectivity index (χ0v) is 20.1. The predicted molar refractivity (Wildman–Crippen MR) is 118 cm³/mol. The lowest BCUT2D eigenvalue weighted by atomic mass is 9.59. The Morgan fingerprint density at radius 2 is 1.62 bits per heavy atom. The summed E-state index contributed by atoms with van der Waals surface area (Å²) in [6.45, 7) is 10.5. The SMILES string of the molecule is COc1c(OC(C)=O)c2c(c(OC(C)=O)c1C(C)C)C(=O)CC1C(C)(C)CCCC1(O)C2. The highest BCUT2D eigenvalue weighted by molar-refractivity contribution is 6.03. The first-order valence-corrected chi connectivity index (χ1v) is 11.2. The molecule has 2 atom stereocenters. The van der Waals surface area contributed by atoms with Crippen molar-refractivity contribution in [3.63, 3.8) is 0 Å². The summed E-state index contributed by atoms with van der Waals surface area (Å²) in [6, 6.07) is 0. The number of hydrogen-bond donors (Lipinski definition) is 1. The zero-order chi connectivity index (χ0) is 24.0. The van der Waals surface area contributed by atoms with Gasteiger partial charge in [-0.1, -0.05) is 34.1 Å². The van der Waals surface area contributed by atoms with Gasteiger partial charge in [-0.15, -0.1) is 0 Å². The number of esters is 2. The summed E-state index contributed by atoms with van der Waals surface area (Å²) in [6.07, 6.45) is 2.48. The van der Waals surface area contributed by atoms with Gasteiger partial charge in [-0.3, -0.25) is 14.4 Å². The fourth-order valence-electron chi connectivity index (χ4n) is 5.64. The summed E-state index contributed by atoms with van der Waals surface area (Å²) in [5, 5.41) is 11.8. The van der Waals surface area contributed by atoms with E-state index in [1.807, 2.05) is 13.8 Å². The van der Waals surface area contributed by atoms with Crippen molar-refractivity contribution < 1.29 is 33.7 Å². The molecule has 0 heterocycles. The summed E-state index contributed by atoms with van der Waals surface area (Å²) in [5.74, 6) is -1.33. The molecule has 1 saturated carbocycles. The van der Waals surface area contributed by atoms with Gasteiger partial charge in [0.25, 0.3) is 0 Å². The average Bonchev–Trinajstić information content (AvgIpc) is 2.77. The van der Waals surface area contributed by atoms with Gasteiger partial charge in [0.15, 0.2) is 17.3 Å². The minimum atomic E-state index is -1.16. The van der Waals surface area contributed by atoms with Gasteiger partial charge in [-0.2, -0.15) is 0 Å². The molecule has 7 heteroatoms. The molecule has 1 fully saturated rings. The molecule has 32 heavy (non-hydrogen) atoms. The first-order chi connectivity index (χ1) is 14.8. The number of ketones is 1. The Morgan fingerprint density at radius 1 is 1.03 bits per heavy atom. The molecular formula is C25H34O7. The molecule has 3 rings (SSSR count). The van der Waals surface area contributed by atoms with Crippen LogP contribution >= 0.6 is 0 Å². The van der Waals surface area contributed by atoms with Crippen LogP contribution in [0, 0.1) is 11.3 Å². The number of fused-ring (bicyclic) bond motifs is 2. The van der Waals surface area contributed by atoms with Gasteiger partial charge in [0.2, 0.25) is 0 Å². The van der Waals surface area contributed by atoms with Gasteiger partial charge in [0.05, 0.1) is 18.3 Å². The maximum atomic E-state index is 13.7. The molecule has 1 aromatic carbocycles. The summed E-state index contributed by atoms with van der Waals surface area (Å²) < 4.78 is 16.9. The van der Waals surface area contributed by atoms with Crippen molar-refractivity contribution in [1.82, 2.24) is 0 Å². The summed E-state index contributed by atoms with van der Waals surface area (Å²) in [7, 11) is 1.44. The fraction of sp³-hybridized carbons (Fsp3) is 0.640. The van der Waals surface area contributed by atoms with Crippen LogP contribution in [0.3, 0.4) is 0 Å². The molecule has 0 aromatic heterocycles. The molecule has 0 aliphatic heterocycles. The van der Waals surface area contributed by atoms with Crippen LogP contribution in [0.5, 0.6) is 17.2 Å². The molecule has 2 aliphatic carbocycles. The molecule has 2 unspecified atom stereocenters. The molecule has 0 amide bonds. The largest absolute Gasteiger partial charge is 0.492 e. The second-order valence-corrected chi connectivity index (χ2v) is 10.1. The van der Waals surface area contributed by atoms with E-state index in [9.17, 15) is 19.5 Å². The number of methoxy groups -OCH3 is 1. The predicted octanol–water partition coefficient (Wildman–Crippen LogP) is 4.36. The van der Waals surface area contributed by atoms with Crippen molar-refractivity contribution in [2.45, 2.75) is 85.2 Å².